The maximum atomic E-state index is 10.1. The summed E-state index contributed by atoms with van der Waals surface area (Å²) in [5.41, 5.74) is 0. The molecule has 0 aliphatic carbocycles. The van der Waals surface area contributed by atoms with Crippen molar-refractivity contribution in [1.82, 2.24) is 0 Å². The second-order valence-electron chi connectivity index (χ2n) is 1.19. The van der Waals surface area contributed by atoms with Gasteiger partial charge in [-0.1, -0.05) is 6.58 Å². The monoisotopic (exact) mass is 163 g/mol. The quantitative estimate of drug-likeness (QED) is 0.275. The second-order valence-corrected chi connectivity index (χ2v) is 1.19. The molecule has 0 aromatic heterocycles. The Labute approximate surface area is 63.2 Å². The van der Waals surface area contributed by atoms with Gasteiger partial charge in [0.25, 0.3) is 5.09 Å². The number of carbonyl (C=O) groups is 1. The molecule has 0 radical (unpaired) electrons. The number of esters is 1. The molecular weight excluding hydrogens is 154 g/mol. The van der Waals surface area contributed by atoms with Gasteiger partial charge in [0.15, 0.2) is 0 Å². The first kappa shape index (κ1) is 12.1. The summed E-state index contributed by atoms with van der Waals surface area (Å²) in [6.45, 7) is 5.38. The Morgan fingerprint density at radius 3 is 2.36 bits per heavy atom. The first-order valence-electron chi connectivity index (χ1n) is 2.67. The third-order valence-electron chi connectivity index (χ3n) is 0.453. The lowest BCUT2D eigenvalue weighted by Crippen LogP contribution is -1.97. The van der Waals surface area contributed by atoms with Gasteiger partial charge in [-0.05, 0) is 6.92 Å². The zero-order valence-corrected chi connectivity index (χ0v) is 6.02. The zero-order valence-electron chi connectivity index (χ0n) is 6.02. The van der Waals surface area contributed by atoms with E-state index in [1.807, 2.05) is 0 Å². The topological polar surface area (TPSA) is 89.7 Å². The highest BCUT2D eigenvalue weighted by Crippen LogP contribution is 1.74. The van der Waals surface area contributed by atoms with E-state index in [-0.39, 0.29) is 5.97 Å². The predicted octanol–water partition coefficient (Wildman–Crippen LogP) is 0.388. The summed E-state index contributed by atoms with van der Waals surface area (Å²) in [7, 11) is 0. The Morgan fingerprint density at radius 2 is 2.27 bits per heavy atom. The molecule has 0 atom stereocenters. The Balaban J connectivity index is 0. The van der Waals surface area contributed by atoms with Gasteiger partial charge in [-0.15, -0.1) is 10.1 Å². The first-order chi connectivity index (χ1) is 5.04. The van der Waals surface area contributed by atoms with Gasteiger partial charge < -0.3 is 9.94 Å². The van der Waals surface area contributed by atoms with Crippen molar-refractivity contribution >= 4 is 5.97 Å². The van der Waals surface area contributed by atoms with Crippen LogP contribution >= 0.6 is 0 Å². The highest BCUT2D eigenvalue weighted by Gasteiger charge is 1.86. The van der Waals surface area contributed by atoms with Crippen molar-refractivity contribution in [3.8, 4) is 0 Å². The van der Waals surface area contributed by atoms with Gasteiger partial charge in [-0.3, -0.25) is 0 Å². The average molecular weight is 163 g/mol. The summed E-state index contributed by atoms with van der Waals surface area (Å²) in [6.07, 6.45) is 1.14. The van der Waals surface area contributed by atoms with E-state index in [1.165, 1.54) is 0 Å². The summed E-state index contributed by atoms with van der Waals surface area (Å²) in [5.74, 6) is -0.359. The molecule has 0 heterocycles. The summed E-state index contributed by atoms with van der Waals surface area (Å²) in [5, 5.41) is 13.6. The fourth-order valence-corrected chi connectivity index (χ4v) is 0.201. The Kier molecular flexibility index (Phi) is 9.27. The molecule has 0 aliphatic heterocycles. The smallest absolute Gasteiger partial charge is 0.330 e. The molecule has 0 spiro atoms. The van der Waals surface area contributed by atoms with Crippen LogP contribution in [0.5, 0.6) is 0 Å². The van der Waals surface area contributed by atoms with Gasteiger partial charge in [0.2, 0.25) is 0 Å². The van der Waals surface area contributed by atoms with Crippen molar-refractivity contribution in [2.24, 2.45) is 0 Å². The van der Waals surface area contributed by atoms with E-state index in [1.54, 1.807) is 6.92 Å². The van der Waals surface area contributed by atoms with E-state index in [0.29, 0.717) is 6.61 Å². The van der Waals surface area contributed by atoms with Crippen LogP contribution in [0.1, 0.15) is 6.92 Å². The molecule has 11 heavy (non-hydrogen) atoms. The van der Waals surface area contributed by atoms with Crippen molar-refractivity contribution in [2.45, 2.75) is 6.92 Å². The minimum Gasteiger partial charge on any atom is -0.463 e. The minimum absolute atomic E-state index is 0.359. The SMILES string of the molecule is C=CC(=O)OCC.O=[N+]([O-])O. The Morgan fingerprint density at radius 1 is 1.91 bits per heavy atom. The lowest BCUT2D eigenvalue weighted by atomic mass is 10.6. The second kappa shape index (κ2) is 8.41. The van der Waals surface area contributed by atoms with E-state index in [0.717, 1.165) is 6.08 Å². The standard InChI is InChI=1S/C5H8O2.HNO3/c1-3-5(6)7-4-2;2-1(3)4/h3H,1,4H2,2H3;(H,2,3,4). The molecule has 1 N–H and O–H groups in total. The van der Waals surface area contributed by atoms with Crippen LogP contribution < -0.4 is 0 Å². The molecule has 0 saturated heterocycles. The van der Waals surface area contributed by atoms with Crippen LogP contribution in [0.25, 0.3) is 0 Å². The molecule has 64 valence electrons. The molecule has 0 aromatic rings. The third kappa shape index (κ3) is 29.7. The van der Waals surface area contributed by atoms with Crippen LogP contribution in [0, 0.1) is 10.1 Å². The highest BCUT2D eigenvalue weighted by molar-refractivity contribution is 5.81. The van der Waals surface area contributed by atoms with Crippen molar-refractivity contribution < 1.29 is 19.8 Å². The summed E-state index contributed by atoms with van der Waals surface area (Å²) < 4.78 is 4.43. The fourth-order valence-electron chi connectivity index (χ4n) is 0.201. The minimum atomic E-state index is -1.50. The van der Waals surface area contributed by atoms with Crippen molar-refractivity contribution in [1.29, 1.82) is 0 Å². The van der Waals surface area contributed by atoms with Gasteiger partial charge in [0.1, 0.15) is 0 Å². The number of ether oxygens (including phenoxy) is 1. The molecule has 0 amide bonds. The molecule has 0 unspecified atom stereocenters. The van der Waals surface area contributed by atoms with Crippen LogP contribution in [-0.4, -0.2) is 22.9 Å². The Bertz CT molecular complexity index is 140. The predicted molar refractivity (Wildman–Crippen MR) is 35.6 cm³/mol. The van der Waals surface area contributed by atoms with E-state index in [4.69, 9.17) is 15.3 Å². The molecule has 0 aliphatic rings. The molecule has 6 heteroatoms. The number of rotatable bonds is 2. The lowest BCUT2D eigenvalue weighted by Gasteiger charge is -1.90. The normalized spacial score (nSPS) is 7.00. The maximum Gasteiger partial charge on any atom is 0.330 e. The summed E-state index contributed by atoms with van der Waals surface area (Å²) in [6, 6.07) is 0. The van der Waals surface area contributed by atoms with Crippen molar-refractivity contribution in [3.05, 3.63) is 22.8 Å². The van der Waals surface area contributed by atoms with Crippen LogP contribution in [0.4, 0.5) is 0 Å². The molecule has 0 aromatic carbocycles. The third-order valence-corrected chi connectivity index (χ3v) is 0.453. The van der Waals surface area contributed by atoms with Gasteiger partial charge >= 0.3 is 5.97 Å². The molecule has 0 saturated carbocycles. The van der Waals surface area contributed by atoms with E-state index in [2.05, 4.69) is 11.3 Å². The largest absolute Gasteiger partial charge is 0.463 e. The lowest BCUT2D eigenvalue weighted by molar-refractivity contribution is -0.742. The average Bonchev–Trinajstić information content (AvgIpc) is 1.87. The van der Waals surface area contributed by atoms with Gasteiger partial charge in [-0.25, -0.2) is 4.79 Å². The van der Waals surface area contributed by atoms with E-state index >= 15 is 0 Å². The molecule has 0 fully saturated rings. The molecular formula is C5H9NO5. The van der Waals surface area contributed by atoms with Crippen LogP contribution in [-0.2, 0) is 9.53 Å². The van der Waals surface area contributed by atoms with Crippen LogP contribution in [0.3, 0.4) is 0 Å². The van der Waals surface area contributed by atoms with Gasteiger partial charge in [0.05, 0.1) is 6.61 Å². The van der Waals surface area contributed by atoms with Gasteiger partial charge in [0, 0.05) is 6.08 Å². The Hall–Kier alpha value is -1.59. The van der Waals surface area contributed by atoms with Crippen molar-refractivity contribution in [2.75, 3.05) is 6.61 Å². The fraction of sp³-hybridized carbons (Fsp3) is 0.400. The number of carbonyl (C=O) groups excluding carboxylic acids is 1. The number of nitrogens with zero attached hydrogens (tertiary/aromatic N) is 1. The summed E-state index contributed by atoms with van der Waals surface area (Å²) in [4.78, 5) is 18.4. The maximum absolute atomic E-state index is 10.1. The molecule has 6 nitrogen and oxygen atoms in total. The van der Waals surface area contributed by atoms with Gasteiger partial charge in [-0.2, -0.15) is 0 Å². The van der Waals surface area contributed by atoms with Crippen molar-refractivity contribution in [3.63, 3.8) is 0 Å². The first-order valence-corrected chi connectivity index (χ1v) is 2.67. The summed E-state index contributed by atoms with van der Waals surface area (Å²) >= 11 is 0. The van der Waals surface area contributed by atoms with Crippen LogP contribution in [0.2, 0.25) is 0 Å². The highest BCUT2D eigenvalue weighted by atomic mass is 16.9. The zero-order chi connectivity index (χ0) is 9.28. The molecule has 0 rings (SSSR count). The van der Waals surface area contributed by atoms with Crippen LogP contribution in [0.15, 0.2) is 12.7 Å². The number of hydrogen-bond donors (Lipinski definition) is 1. The number of hydrogen-bond acceptors (Lipinski definition) is 4. The van der Waals surface area contributed by atoms with E-state index < -0.39 is 5.09 Å². The van der Waals surface area contributed by atoms with E-state index in [9.17, 15) is 4.79 Å². The molecule has 0 bridgehead atoms.